The molecule has 2 heterocycles. The Morgan fingerprint density at radius 1 is 1.17 bits per heavy atom. The van der Waals surface area contributed by atoms with Gasteiger partial charge >= 0.3 is 0 Å². The van der Waals surface area contributed by atoms with Crippen molar-refractivity contribution in [2.75, 3.05) is 10.6 Å². The Morgan fingerprint density at radius 2 is 1.87 bits per heavy atom. The zero-order chi connectivity index (χ0) is 16.2. The molecule has 1 amide bonds. The molecule has 0 fully saturated rings. The van der Waals surface area contributed by atoms with E-state index in [1.165, 1.54) is 12.4 Å². The van der Waals surface area contributed by atoms with Gasteiger partial charge in [0, 0.05) is 29.2 Å². The lowest BCUT2D eigenvalue weighted by Crippen LogP contribution is -2.13. The first-order valence-electron chi connectivity index (χ1n) is 6.69. The van der Waals surface area contributed by atoms with Gasteiger partial charge in [-0.1, -0.05) is 16.8 Å². The summed E-state index contributed by atoms with van der Waals surface area (Å²) in [5, 5.41) is 9.98. The Morgan fingerprint density at radius 3 is 2.48 bits per heavy atom. The van der Waals surface area contributed by atoms with Crippen LogP contribution in [-0.4, -0.2) is 21.0 Å². The molecule has 1 aromatic carbocycles. The van der Waals surface area contributed by atoms with Gasteiger partial charge in [-0.3, -0.25) is 4.79 Å². The molecule has 0 bridgehead atoms. The average Bonchev–Trinajstić information content (AvgIpc) is 2.95. The number of rotatable bonds is 4. The SMILES string of the molecule is Cc1cc(Nc2ncc(C(=O)Nc3ccc(Cl)cc3)cn2)no1. The summed E-state index contributed by atoms with van der Waals surface area (Å²) in [5.74, 6) is 1.19. The third-order valence-corrected chi connectivity index (χ3v) is 3.14. The van der Waals surface area contributed by atoms with Crippen LogP contribution in [0, 0.1) is 6.92 Å². The van der Waals surface area contributed by atoms with Gasteiger partial charge in [0.25, 0.3) is 5.91 Å². The molecule has 0 saturated carbocycles. The summed E-state index contributed by atoms with van der Waals surface area (Å²) in [6, 6.07) is 8.53. The Kier molecular flexibility index (Phi) is 4.20. The number of halogens is 1. The highest BCUT2D eigenvalue weighted by Crippen LogP contribution is 2.15. The van der Waals surface area contributed by atoms with Crippen LogP contribution in [0.4, 0.5) is 17.5 Å². The smallest absolute Gasteiger partial charge is 0.258 e. The van der Waals surface area contributed by atoms with Crippen LogP contribution in [0.2, 0.25) is 5.02 Å². The summed E-state index contributed by atoms with van der Waals surface area (Å²) in [6.45, 7) is 1.78. The summed E-state index contributed by atoms with van der Waals surface area (Å²) in [5.41, 5.74) is 0.974. The number of hydrogen-bond donors (Lipinski definition) is 2. The molecular formula is C15H12ClN5O2. The molecular weight excluding hydrogens is 318 g/mol. The van der Waals surface area contributed by atoms with Crippen LogP contribution in [0.1, 0.15) is 16.1 Å². The number of hydrogen-bond acceptors (Lipinski definition) is 6. The van der Waals surface area contributed by atoms with Crippen molar-refractivity contribution >= 4 is 35.0 Å². The zero-order valence-electron chi connectivity index (χ0n) is 12.1. The van der Waals surface area contributed by atoms with Crippen LogP contribution in [0.3, 0.4) is 0 Å². The van der Waals surface area contributed by atoms with Crippen LogP contribution in [-0.2, 0) is 0 Å². The molecule has 0 aliphatic carbocycles. The quantitative estimate of drug-likeness (QED) is 0.761. The van der Waals surface area contributed by atoms with Crippen LogP contribution in [0.25, 0.3) is 0 Å². The Hall–Kier alpha value is -2.93. The van der Waals surface area contributed by atoms with Gasteiger partial charge in [0.2, 0.25) is 5.95 Å². The van der Waals surface area contributed by atoms with Gasteiger partial charge in [0.15, 0.2) is 5.82 Å². The van der Waals surface area contributed by atoms with Crippen molar-refractivity contribution in [1.29, 1.82) is 0 Å². The van der Waals surface area contributed by atoms with E-state index in [1.807, 2.05) is 0 Å². The first-order chi connectivity index (χ1) is 11.1. The molecule has 0 saturated heterocycles. The number of nitrogens with zero attached hydrogens (tertiary/aromatic N) is 3. The largest absolute Gasteiger partial charge is 0.360 e. The molecule has 0 unspecified atom stereocenters. The standard InChI is InChI=1S/C15H12ClN5O2/c1-9-6-13(21-23-9)20-15-17-7-10(8-18-15)14(22)19-12-4-2-11(16)3-5-12/h2-8H,1H3,(H,19,22)(H,17,18,20,21). The minimum Gasteiger partial charge on any atom is -0.360 e. The second kappa shape index (κ2) is 6.45. The zero-order valence-corrected chi connectivity index (χ0v) is 12.8. The van der Waals surface area contributed by atoms with E-state index in [9.17, 15) is 4.79 Å². The monoisotopic (exact) mass is 329 g/mol. The molecule has 2 N–H and O–H groups in total. The van der Waals surface area contributed by atoms with Gasteiger partial charge in [-0.2, -0.15) is 0 Å². The van der Waals surface area contributed by atoms with Crippen molar-refractivity contribution < 1.29 is 9.32 Å². The second-order valence-corrected chi connectivity index (χ2v) is 5.14. The van der Waals surface area contributed by atoms with E-state index in [0.717, 1.165) is 0 Å². The Bertz CT molecular complexity index is 815. The first-order valence-corrected chi connectivity index (χ1v) is 7.07. The topological polar surface area (TPSA) is 92.9 Å². The van der Waals surface area contributed by atoms with Crippen LogP contribution >= 0.6 is 11.6 Å². The van der Waals surface area contributed by atoms with E-state index in [-0.39, 0.29) is 5.91 Å². The van der Waals surface area contributed by atoms with Crippen molar-refractivity contribution in [2.45, 2.75) is 6.92 Å². The van der Waals surface area contributed by atoms with Crippen molar-refractivity contribution in [2.24, 2.45) is 0 Å². The maximum absolute atomic E-state index is 12.1. The molecule has 116 valence electrons. The summed E-state index contributed by atoms with van der Waals surface area (Å²) < 4.78 is 4.93. The van der Waals surface area contributed by atoms with Gasteiger partial charge in [0.1, 0.15) is 5.76 Å². The van der Waals surface area contributed by atoms with Gasteiger partial charge in [-0.05, 0) is 31.2 Å². The minimum absolute atomic E-state index is 0.309. The van der Waals surface area contributed by atoms with Crippen molar-refractivity contribution in [3.63, 3.8) is 0 Å². The molecule has 3 aromatic rings. The van der Waals surface area contributed by atoms with E-state index in [4.69, 9.17) is 16.1 Å². The Labute approximate surface area is 136 Å². The number of benzene rings is 1. The van der Waals surface area contributed by atoms with E-state index in [1.54, 1.807) is 37.3 Å². The molecule has 23 heavy (non-hydrogen) atoms. The fourth-order valence-electron chi connectivity index (χ4n) is 1.79. The highest BCUT2D eigenvalue weighted by atomic mass is 35.5. The average molecular weight is 330 g/mol. The van der Waals surface area contributed by atoms with Gasteiger partial charge in [0.05, 0.1) is 5.56 Å². The molecule has 0 atom stereocenters. The maximum Gasteiger partial charge on any atom is 0.258 e. The predicted molar refractivity (Wildman–Crippen MR) is 86.0 cm³/mol. The van der Waals surface area contributed by atoms with Crippen molar-refractivity contribution in [3.8, 4) is 0 Å². The Balaban J connectivity index is 1.66. The lowest BCUT2D eigenvalue weighted by atomic mass is 10.3. The summed E-state index contributed by atoms with van der Waals surface area (Å²) in [4.78, 5) is 20.2. The first kappa shape index (κ1) is 15.0. The third kappa shape index (κ3) is 3.83. The van der Waals surface area contributed by atoms with E-state index in [0.29, 0.717) is 33.8 Å². The number of anilines is 3. The van der Waals surface area contributed by atoms with E-state index in [2.05, 4.69) is 25.8 Å². The summed E-state index contributed by atoms with van der Waals surface area (Å²) in [6.07, 6.45) is 2.85. The van der Waals surface area contributed by atoms with Gasteiger partial charge in [-0.15, -0.1) is 0 Å². The number of nitrogens with one attached hydrogen (secondary N) is 2. The molecule has 0 spiro atoms. The fourth-order valence-corrected chi connectivity index (χ4v) is 1.91. The number of carbonyl (C=O) groups is 1. The number of aryl methyl sites for hydroxylation is 1. The normalized spacial score (nSPS) is 10.3. The molecule has 8 heteroatoms. The molecule has 7 nitrogen and oxygen atoms in total. The molecule has 0 aliphatic heterocycles. The van der Waals surface area contributed by atoms with Crippen LogP contribution < -0.4 is 10.6 Å². The predicted octanol–water partition coefficient (Wildman–Crippen LogP) is 3.42. The molecule has 0 aliphatic rings. The van der Waals surface area contributed by atoms with Crippen molar-refractivity contribution in [1.82, 2.24) is 15.1 Å². The van der Waals surface area contributed by atoms with Crippen molar-refractivity contribution in [3.05, 3.63) is 59.1 Å². The second-order valence-electron chi connectivity index (χ2n) is 4.70. The van der Waals surface area contributed by atoms with Crippen LogP contribution in [0.15, 0.2) is 47.2 Å². The van der Waals surface area contributed by atoms with Gasteiger partial charge in [-0.25, -0.2) is 9.97 Å². The highest BCUT2D eigenvalue weighted by molar-refractivity contribution is 6.30. The lowest BCUT2D eigenvalue weighted by Gasteiger charge is -2.05. The third-order valence-electron chi connectivity index (χ3n) is 2.88. The van der Waals surface area contributed by atoms with Gasteiger partial charge < -0.3 is 15.2 Å². The molecule has 0 radical (unpaired) electrons. The summed E-state index contributed by atoms with van der Waals surface area (Å²) >= 11 is 5.80. The number of amides is 1. The van der Waals surface area contributed by atoms with E-state index >= 15 is 0 Å². The number of aromatic nitrogens is 3. The van der Waals surface area contributed by atoms with Crippen LogP contribution in [0.5, 0.6) is 0 Å². The molecule has 3 rings (SSSR count). The van der Waals surface area contributed by atoms with E-state index < -0.39 is 0 Å². The number of carbonyl (C=O) groups excluding carboxylic acids is 1. The lowest BCUT2D eigenvalue weighted by molar-refractivity contribution is 0.102. The molecule has 2 aromatic heterocycles. The summed E-state index contributed by atoms with van der Waals surface area (Å²) in [7, 11) is 0. The maximum atomic E-state index is 12.1. The highest BCUT2D eigenvalue weighted by Gasteiger charge is 2.09. The fraction of sp³-hybridized carbons (Fsp3) is 0.0667. The minimum atomic E-state index is -0.309.